The van der Waals surface area contributed by atoms with Gasteiger partial charge in [-0.2, -0.15) is 0 Å². The first-order valence-corrected chi connectivity index (χ1v) is 5.49. The maximum absolute atomic E-state index is 11.1. The molecule has 0 aromatic rings. The second-order valence-corrected chi connectivity index (χ2v) is 4.02. The van der Waals surface area contributed by atoms with Gasteiger partial charge in [0.05, 0.1) is 0 Å². The summed E-state index contributed by atoms with van der Waals surface area (Å²) in [5.74, 6) is 0.623. The number of carbonyl (C=O) groups is 1. The lowest BCUT2D eigenvalue weighted by Gasteiger charge is -2.26. The van der Waals surface area contributed by atoms with Gasteiger partial charge >= 0.3 is 6.03 Å². The molecule has 2 amide bonds. The Morgan fingerprint density at radius 1 is 1.29 bits per heavy atom. The van der Waals surface area contributed by atoms with Gasteiger partial charge in [0.1, 0.15) is 0 Å². The lowest BCUT2D eigenvalue weighted by atomic mass is 9.86. The van der Waals surface area contributed by atoms with Crippen LogP contribution in [0.4, 0.5) is 4.79 Å². The molecule has 0 heterocycles. The number of urea groups is 1. The Morgan fingerprint density at radius 2 is 1.93 bits per heavy atom. The summed E-state index contributed by atoms with van der Waals surface area (Å²) in [4.78, 5) is 11.1. The second-order valence-electron chi connectivity index (χ2n) is 4.02. The van der Waals surface area contributed by atoms with Crippen molar-refractivity contribution in [2.45, 2.75) is 38.6 Å². The first kappa shape index (κ1) is 11.3. The maximum Gasteiger partial charge on any atom is 0.314 e. The van der Waals surface area contributed by atoms with Crippen molar-refractivity contribution in [1.82, 2.24) is 10.6 Å². The van der Waals surface area contributed by atoms with E-state index in [1.165, 1.54) is 0 Å². The highest BCUT2D eigenvalue weighted by molar-refractivity contribution is 5.73. The zero-order chi connectivity index (χ0) is 10.4. The molecule has 0 spiro atoms. The van der Waals surface area contributed by atoms with Gasteiger partial charge in [-0.1, -0.05) is 0 Å². The van der Waals surface area contributed by atoms with E-state index in [1.807, 2.05) is 6.92 Å². The van der Waals surface area contributed by atoms with Crippen molar-refractivity contribution in [1.29, 1.82) is 0 Å². The summed E-state index contributed by atoms with van der Waals surface area (Å²) in [7, 11) is 0. The van der Waals surface area contributed by atoms with E-state index in [1.54, 1.807) is 0 Å². The predicted molar refractivity (Wildman–Crippen MR) is 57.0 cm³/mol. The second kappa shape index (κ2) is 5.86. The van der Waals surface area contributed by atoms with E-state index < -0.39 is 0 Å². The van der Waals surface area contributed by atoms with Crippen molar-refractivity contribution in [2.75, 3.05) is 13.1 Å². The lowest BCUT2D eigenvalue weighted by Crippen LogP contribution is -2.39. The van der Waals surface area contributed by atoms with Gasteiger partial charge in [-0.05, 0) is 38.5 Å². The molecule has 82 valence electrons. The summed E-state index contributed by atoms with van der Waals surface area (Å²) >= 11 is 0. The van der Waals surface area contributed by atoms with Gasteiger partial charge in [-0.25, -0.2) is 4.79 Å². The lowest BCUT2D eigenvalue weighted by molar-refractivity contribution is 0.235. The van der Waals surface area contributed by atoms with E-state index in [4.69, 9.17) is 5.73 Å². The Bertz CT molecular complexity index is 176. The number of amides is 2. The molecule has 0 aromatic carbocycles. The number of nitrogens with one attached hydrogen (secondary N) is 2. The monoisotopic (exact) mass is 199 g/mol. The SMILES string of the molecule is CCNC(=O)NCC1CCC(N)CC1. The molecular formula is C10H21N3O. The van der Waals surface area contributed by atoms with Crippen molar-refractivity contribution in [2.24, 2.45) is 11.7 Å². The van der Waals surface area contributed by atoms with Gasteiger partial charge in [-0.3, -0.25) is 0 Å². The van der Waals surface area contributed by atoms with Gasteiger partial charge in [0.2, 0.25) is 0 Å². The van der Waals surface area contributed by atoms with Crippen molar-refractivity contribution < 1.29 is 4.79 Å². The first-order chi connectivity index (χ1) is 6.72. The van der Waals surface area contributed by atoms with Gasteiger partial charge in [-0.15, -0.1) is 0 Å². The minimum Gasteiger partial charge on any atom is -0.338 e. The molecule has 1 saturated carbocycles. The standard InChI is InChI=1S/C10H21N3O/c1-2-12-10(14)13-7-8-3-5-9(11)6-4-8/h8-9H,2-7,11H2,1H3,(H2,12,13,14). The summed E-state index contributed by atoms with van der Waals surface area (Å²) in [6.07, 6.45) is 4.49. The molecular weight excluding hydrogens is 178 g/mol. The van der Waals surface area contributed by atoms with Gasteiger partial charge in [0.15, 0.2) is 0 Å². The van der Waals surface area contributed by atoms with E-state index in [9.17, 15) is 4.79 Å². The zero-order valence-electron chi connectivity index (χ0n) is 8.88. The van der Waals surface area contributed by atoms with Crippen LogP contribution >= 0.6 is 0 Å². The summed E-state index contributed by atoms with van der Waals surface area (Å²) in [5.41, 5.74) is 5.80. The number of hydrogen-bond acceptors (Lipinski definition) is 2. The minimum atomic E-state index is -0.0534. The third-order valence-corrected chi connectivity index (χ3v) is 2.78. The quantitative estimate of drug-likeness (QED) is 0.630. The number of hydrogen-bond donors (Lipinski definition) is 3. The molecule has 0 aliphatic heterocycles. The van der Waals surface area contributed by atoms with Crippen molar-refractivity contribution in [3.05, 3.63) is 0 Å². The molecule has 14 heavy (non-hydrogen) atoms. The third-order valence-electron chi connectivity index (χ3n) is 2.78. The highest BCUT2D eigenvalue weighted by Gasteiger charge is 2.18. The van der Waals surface area contributed by atoms with Crippen molar-refractivity contribution >= 4 is 6.03 Å². The van der Waals surface area contributed by atoms with Crippen molar-refractivity contribution in [3.63, 3.8) is 0 Å². The number of rotatable bonds is 3. The molecule has 1 aliphatic carbocycles. The molecule has 0 bridgehead atoms. The third kappa shape index (κ3) is 3.96. The van der Waals surface area contributed by atoms with Crippen LogP contribution in [0.3, 0.4) is 0 Å². The molecule has 1 rings (SSSR count). The van der Waals surface area contributed by atoms with Gasteiger partial charge < -0.3 is 16.4 Å². The zero-order valence-corrected chi connectivity index (χ0v) is 8.88. The van der Waals surface area contributed by atoms with Crippen LogP contribution in [0.5, 0.6) is 0 Å². The number of carbonyl (C=O) groups excluding carboxylic acids is 1. The van der Waals surface area contributed by atoms with Crippen LogP contribution in [0.15, 0.2) is 0 Å². The Kier molecular flexibility index (Phi) is 4.73. The van der Waals surface area contributed by atoms with E-state index in [2.05, 4.69) is 10.6 Å². The van der Waals surface area contributed by atoms with Crippen LogP contribution in [-0.2, 0) is 0 Å². The summed E-state index contributed by atoms with van der Waals surface area (Å²) < 4.78 is 0. The highest BCUT2D eigenvalue weighted by Crippen LogP contribution is 2.22. The smallest absolute Gasteiger partial charge is 0.314 e. The molecule has 4 nitrogen and oxygen atoms in total. The average Bonchev–Trinajstić information content (AvgIpc) is 2.17. The normalized spacial score (nSPS) is 27.0. The van der Waals surface area contributed by atoms with E-state index >= 15 is 0 Å². The average molecular weight is 199 g/mol. The minimum absolute atomic E-state index is 0.0534. The molecule has 4 N–H and O–H groups in total. The fraction of sp³-hybridized carbons (Fsp3) is 0.900. The fourth-order valence-corrected chi connectivity index (χ4v) is 1.85. The van der Waals surface area contributed by atoms with Crippen molar-refractivity contribution in [3.8, 4) is 0 Å². The Labute approximate surface area is 85.6 Å². The van der Waals surface area contributed by atoms with Crippen LogP contribution in [0, 0.1) is 5.92 Å². The molecule has 0 radical (unpaired) electrons. The molecule has 0 unspecified atom stereocenters. The van der Waals surface area contributed by atoms with E-state index in [0.29, 0.717) is 18.5 Å². The highest BCUT2D eigenvalue weighted by atomic mass is 16.2. The predicted octanol–water partition coefficient (Wildman–Crippen LogP) is 0.823. The van der Waals surface area contributed by atoms with E-state index in [0.717, 1.165) is 32.2 Å². The van der Waals surface area contributed by atoms with E-state index in [-0.39, 0.29) is 6.03 Å². The van der Waals surface area contributed by atoms with Crippen LogP contribution < -0.4 is 16.4 Å². The van der Waals surface area contributed by atoms with Crippen LogP contribution in [0.2, 0.25) is 0 Å². The maximum atomic E-state index is 11.1. The molecule has 1 fully saturated rings. The molecule has 0 atom stereocenters. The summed E-state index contributed by atoms with van der Waals surface area (Å²) in [6.45, 7) is 3.39. The largest absolute Gasteiger partial charge is 0.338 e. The topological polar surface area (TPSA) is 67.2 Å². The van der Waals surface area contributed by atoms with Gasteiger partial charge in [0, 0.05) is 19.1 Å². The summed E-state index contributed by atoms with van der Waals surface area (Å²) in [5, 5.41) is 5.60. The Balaban J connectivity index is 2.09. The van der Waals surface area contributed by atoms with Crippen LogP contribution in [-0.4, -0.2) is 25.2 Å². The fourth-order valence-electron chi connectivity index (χ4n) is 1.85. The number of nitrogens with two attached hydrogens (primary N) is 1. The van der Waals surface area contributed by atoms with Crippen LogP contribution in [0.1, 0.15) is 32.6 Å². The van der Waals surface area contributed by atoms with Gasteiger partial charge in [0.25, 0.3) is 0 Å². The Morgan fingerprint density at radius 3 is 2.50 bits per heavy atom. The molecule has 4 heteroatoms. The molecule has 0 aromatic heterocycles. The Hall–Kier alpha value is -0.770. The summed E-state index contributed by atoms with van der Waals surface area (Å²) in [6, 6.07) is 0.332. The molecule has 1 aliphatic rings. The van der Waals surface area contributed by atoms with Crippen LogP contribution in [0.25, 0.3) is 0 Å². The first-order valence-electron chi connectivity index (χ1n) is 5.49. The molecule has 0 saturated heterocycles.